The smallest absolute Gasteiger partial charge is 0.125 e. The molecule has 0 aliphatic heterocycles. The van der Waals surface area contributed by atoms with E-state index in [1.165, 1.54) is 16.7 Å². The highest BCUT2D eigenvalue weighted by molar-refractivity contribution is 5.39. The number of aliphatic hydroxyl groups is 1. The van der Waals surface area contributed by atoms with E-state index in [0.717, 1.165) is 16.9 Å². The van der Waals surface area contributed by atoms with E-state index in [1.807, 2.05) is 25.1 Å². The second-order valence-electron chi connectivity index (χ2n) is 5.38. The Morgan fingerprint density at radius 3 is 2.30 bits per heavy atom. The van der Waals surface area contributed by atoms with Crippen molar-refractivity contribution < 1.29 is 9.84 Å². The molecule has 0 radical (unpaired) electrons. The number of rotatable bonds is 4. The van der Waals surface area contributed by atoms with Gasteiger partial charge in [-0.2, -0.15) is 0 Å². The van der Waals surface area contributed by atoms with Crippen LogP contribution in [-0.4, -0.2) is 5.11 Å². The molecular formula is C18H22O2. The van der Waals surface area contributed by atoms with Gasteiger partial charge in [0, 0.05) is 5.56 Å². The van der Waals surface area contributed by atoms with E-state index in [1.54, 1.807) is 6.92 Å². The minimum absolute atomic E-state index is 0.525. The fourth-order valence-electron chi connectivity index (χ4n) is 2.35. The Labute approximate surface area is 121 Å². The molecule has 0 fully saturated rings. The molecule has 2 rings (SSSR count). The van der Waals surface area contributed by atoms with Crippen molar-refractivity contribution in [3.05, 3.63) is 64.2 Å². The monoisotopic (exact) mass is 270 g/mol. The molecule has 2 nitrogen and oxygen atoms in total. The highest BCUT2D eigenvalue weighted by Crippen LogP contribution is 2.27. The lowest BCUT2D eigenvalue weighted by atomic mass is 10.0. The molecule has 0 spiro atoms. The standard InChI is InChI=1S/C18H22O2/c1-12-8-9-18(16(10-12)15(4)19)20-11-17-13(2)6-5-7-14(17)3/h5-10,15,19H,11H2,1-4H3/t15-/m1/s1. The number of aliphatic hydroxyl groups excluding tert-OH is 1. The molecule has 0 heterocycles. The van der Waals surface area contributed by atoms with E-state index in [9.17, 15) is 5.11 Å². The van der Waals surface area contributed by atoms with Gasteiger partial charge in [-0.15, -0.1) is 0 Å². The van der Waals surface area contributed by atoms with E-state index in [-0.39, 0.29) is 0 Å². The minimum Gasteiger partial charge on any atom is -0.489 e. The summed E-state index contributed by atoms with van der Waals surface area (Å²) >= 11 is 0. The summed E-state index contributed by atoms with van der Waals surface area (Å²) in [4.78, 5) is 0. The van der Waals surface area contributed by atoms with Crippen LogP contribution >= 0.6 is 0 Å². The molecule has 2 heteroatoms. The summed E-state index contributed by atoms with van der Waals surface area (Å²) < 4.78 is 5.94. The largest absolute Gasteiger partial charge is 0.489 e. The van der Waals surface area contributed by atoms with Crippen LogP contribution in [0.5, 0.6) is 5.75 Å². The molecule has 106 valence electrons. The fourth-order valence-corrected chi connectivity index (χ4v) is 2.35. The maximum absolute atomic E-state index is 9.86. The van der Waals surface area contributed by atoms with Crippen LogP contribution in [-0.2, 0) is 6.61 Å². The molecule has 0 unspecified atom stereocenters. The number of hydrogen-bond donors (Lipinski definition) is 1. The molecule has 1 atom stereocenters. The van der Waals surface area contributed by atoms with Gasteiger partial charge in [0.1, 0.15) is 12.4 Å². The summed E-state index contributed by atoms with van der Waals surface area (Å²) in [5.41, 5.74) is 5.65. The topological polar surface area (TPSA) is 29.5 Å². The summed E-state index contributed by atoms with van der Waals surface area (Å²) in [6.07, 6.45) is -0.525. The quantitative estimate of drug-likeness (QED) is 0.900. The predicted molar refractivity (Wildman–Crippen MR) is 82.1 cm³/mol. The van der Waals surface area contributed by atoms with E-state index in [2.05, 4.69) is 32.0 Å². The van der Waals surface area contributed by atoms with Crippen molar-refractivity contribution in [1.82, 2.24) is 0 Å². The summed E-state index contributed by atoms with van der Waals surface area (Å²) in [6.45, 7) is 8.50. The lowest BCUT2D eigenvalue weighted by molar-refractivity contribution is 0.190. The lowest BCUT2D eigenvalue weighted by Crippen LogP contribution is -2.04. The molecule has 20 heavy (non-hydrogen) atoms. The van der Waals surface area contributed by atoms with Crippen molar-refractivity contribution in [3.8, 4) is 5.75 Å². The molecule has 0 saturated heterocycles. The highest BCUT2D eigenvalue weighted by Gasteiger charge is 2.10. The normalized spacial score (nSPS) is 12.2. The molecule has 1 N–H and O–H groups in total. The zero-order valence-corrected chi connectivity index (χ0v) is 12.6. The van der Waals surface area contributed by atoms with Crippen LogP contribution in [0.15, 0.2) is 36.4 Å². The zero-order valence-electron chi connectivity index (χ0n) is 12.6. The Morgan fingerprint density at radius 2 is 1.70 bits per heavy atom. The van der Waals surface area contributed by atoms with E-state index < -0.39 is 6.10 Å². The molecule has 0 aliphatic rings. The molecule has 0 aromatic heterocycles. The fraction of sp³-hybridized carbons (Fsp3) is 0.333. The Hall–Kier alpha value is -1.80. The van der Waals surface area contributed by atoms with E-state index in [0.29, 0.717) is 6.61 Å². The third kappa shape index (κ3) is 3.20. The molecule has 0 saturated carbocycles. The highest BCUT2D eigenvalue weighted by atomic mass is 16.5. The van der Waals surface area contributed by atoms with Crippen LogP contribution in [0.3, 0.4) is 0 Å². The SMILES string of the molecule is Cc1ccc(OCc2c(C)cccc2C)c([C@@H](C)O)c1. The first-order valence-corrected chi connectivity index (χ1v) is 6.95. The van der Waals surface area contributed by atoms with Gasteiger partial charge in [-0.3, -0.25) is 0 Å². The Balaban J connectivity index is 2.23. The first-order chi connectivity index (χ1) is 9.49. The third-order valence-electron chi connectivity index (χ3n) is 3.63. The minimum atomic E-state index is -0.525. The van der Waals surface area contributed by atoms with Gasteiger partial charge < -0.3 is 9.84 Å². The molecule has 2 aromatic carbocycles. The Kier molecular flexibility index (Phi) is 4.46. The average molecular weight is 270 g/mol. The van der Waals surface area contributed by atoms with Gasteiger partial charge in [0.15, 0.2) is 0 Å². The number of benzene rings is 2. The molecule has 0 bridgehead atoms. The first-order valence-electron chi connectivity index (χ1n) is 6.95. The molecule has 2 aromatic rings. The predicted octanol–water partition coefficient (Wildman–Crippen LogP) is 4.24. The van der Waals surface area contributed by atoms with Gasteiger partial charge in [-0.1, -0.05) is 29.8 Å². The van der Waals surface area contributed by atoms with Gasteiger partial charge in [-0.05, 0) is 56.5 Å². The van der Waals surface area contributed by atoms with Crippen molar-refractivity contribution in [1.29, 1.82) is 0 Å². The average Bonchev–Trinajstić information content (AvgIpc) is 2.39. The Morgan fingerprint density at radius 1 is 1.05 bits per heavy atom. The van der Waals surface area contributed by atoms with Crippen molar-refractivity contribution in [2.24, 2.45) is 0 Å². The summed E-state index contributed by atoms with van der Waals surface area (Å²) in [5, 5.41) is 9.86. The van der Waals surface area contributed by atoms with E-state index in [4.69, 9.17) is 4.74 Å². The van der Waals surface area contributed by atoms with Gasteiger partial charge in [0.25, 0.3) is 0 Å². The first kappa shape index (κ1) is 14.6. The zero-order chi connectivity index (χ0) is 14.7. The van der Waals surface area contributed by atoms with Crippen LogP contribution in [0.4, 0.5) is 0 Å². The Bertz CT molecular complexity index is 580. The van der Waals surface area contributed by atoms with Crippen molar-refractivity contribution in [2.75, 3.05) is 0 Å². The van der Waals surface area contributed by atoms with Gasteiger partial charge >= 0.3 is 0 Å². The molecule has 0 aliphatic carbocycles. The maximum atomic E-state index is 9.86. The van der Waals surface area contributed by atoms with Gasteiger partial charge in [0.05, 0.1) is 6.10 Å². The number of hydrogen-bond acceptors (Lipinski definition) is 2. The maximum Gasteiger partial charge on any atom is 0.125 e. The lowest BCUT2D eigenvalue weighted by Gasteiger charge is -2.16. The molecule has 0 amide bonds. The summed E-state index contributed by atoms with van der Waals surface area (Å²) in [6, 6.07) is 12.2. The van der Waals surface area contributed by atoms with Crippen LogP contribution in [0, 0.1) is 20.8 Å². The van der Waals surface area contributed by atoms with Crippen LogP contribution < -0.4 is 4.74 Å². The van der Waals surface area contributed by atoms with E-state index >= 15 is 0 Å². The number of aryl methyl sites for hydroxylation is 3. The molecular weight excluding hydrogens is 248 g/mol. The van der Waals surface area contributed by atoms with Crippen molar-refractivity contribution in [3.63, 3.8) is 0 Å². The van der Waals surface area contributed by atoms with Crippen LogP contribution in [0.1, 0.15) is 40.8 Å². The van der Waals surface area contributed by atoms with Crippen LogP contribution in [0.2, 0.25) is 0 Å². The summed E-state index contributed by atoms with van der Waals surface area (Å²) in [5.74, 6) is 0.758. The van der Waals surface area contributed by atoms with Crippen molar-refractivity contribution >= 4 is 0 Å². The van der Waals surface area contributed by atoms with Gasteiger partial charge in [0.2, 0.25) is 0 Å². The third-order valence-corrected chi connectivity index (χ3v) is 3.63. The second kappa shape index (κ2) is 6.10. The second-order valence-corrected chi connectivity index (χ2v) is 5.38. The number of ether oxygens (including phenoxy) is 1. The van der Waals surface area contributed by atoms with Crippen LogP contribution in [0.25, 0.3) is 0 Å². The van der Waals surface area contributed by atoms with Crippen molar-refractivity contribution in [2.45, 2.75) is 40.4 Å². The van der Waals surface area contributed by atoms with Gasteiger partial charge in [-0.25, -0.2) is 0 Å². The summed E-state index contributed by atoms with van der Waals surface area (Å²) in [7, 11) is 0.